The van der Waals surface area contributed by atoms with Gasteiger partial charge in [0, 0.05) is 24.0 Å². The molecule has 0 spiro atoms. The number of carbonyl (C=O) groups excluding carboxylic acids is 2. The number of carbonyl (C=O) groups is 2. The van der Waals surface area contributed by atoms with Crippen molar-refractivity contribution >= 4 is 29.3 Å². The van der Waals surface area contributed by atoms with Crippen LogP contribution in [0.3, 0.4) is 0 Å². The lowest BCUT2D eigenvalue weighted by Gasteiger charge is -2.36. The minimum absolute atomic E-state index is 0.0116. The second kappa shape index (κ2) is 11.6. The first-order valence-corrected chi connectivity index (χ1v) is 12.7. The van der Waals surface area contributed by atoms with E-state index in [1.54, 1.807) is 24.4 Å². The molecule has 8 heteroatoms. The molecule has 1 atom stereocenters. The van der Waals surface area contributed by atoms with Crippen molar-refractivity contribution in [1.29, 1.82) is 5.41 Å². The fourth-order valence-electron chi connectivity index (χ4n) is 4.38. The summed E-state index contributed by atoms with van der Waals surface area (Å²) in [5.41, 5.74) is 2.51. The van der Waals surface area contributed by atoms with Crippen LogP contribution in [0.5, 0.6) is 5.75 Å². The van der Waals surface area contributed by atoms with Crippen LogP contribution < -0.4 is 10.1 Å². The first-order valence-electron chi connectivity index (χ1n) is 12.3. The van der Waals surface area contributed by atoms with Crippen molar-refractivity contribution in [2.45, 2.75) is 70.7 Å². The van der Waals surface area contributed by atoms with E-state index < -0.39 is 6.09 Å². The summed E-state index contributed by atoms with van der Waals surface area (Å²) in [5, 5.41) is 11.4. The highest BCUT2D eigenvalue weighted by atomic mass is 35.5. The third kappa shape index (κ3) is 6.66. The van der Waals surface area contributed by atoms with Gasteiger partial charge in [-0.15, -0.1) is 0 Å². The maximum atomic E-state index is 13.6. The van der Waals surface area contributed by atoms with E-state index in [0.29, 0.717) is 46.9 Å². The lowest BCUT2D eigenvalue weighted by atomic mass is 9.88. The number of hydrogen-bond acceptors (Lipinski definition) is 5. The molecule has 0 radical (unpaired) electrons. The van der Waals surface area contributed by atoms with Crippen LogP contribution in [0.2, 0.25) is 5.02 Å². The lowest BCUT2D eigenvalue weighted by Crippen LogP contribution is -2.44. The van der Waals surface area contributed by atoms with Gasteiger partial charge in [0.15, 0.2) is 0 Å². The monoisotopic (exact) mass is 509 g/mol. The van der Waals surface area contributed by atoms with E-state index in [1.807, 2.05) is 49.1 Å². The summed E-state index contributed by atoms with van der Waals surface area (Å²) >= 11 is 6.49. The van der Waals surface area contributed by atoms with E-state index in [1.165, 1.54) is 0 Å². The van der Waals surface area contributed by atoms with Crippen LogP contribution in [0, 0.1) is 5.41 Å². The van der Waals surface area contributed by atoms with Crippen molar-refractivity contribution in [3.05, 3.63) is 76.5 Å². The molecule has 2 aromatic carbocycles. The zero-order valence-electron chi connectivity index (χ0n) is 20.6. The van der Waals surface area contributed by atoms with Crippen LogP contribution in [-0.4, -0.2) is 40.8 Å². The predicted octanol–water partition coefficient (Wildman–Crippen LogP) is 6.11. The molecule has 0 heterocycles. The lowest BCUT2D eigenvalue weighted by molar-refractivity contribution is 0.0647. The fourth-order valence-corrected chi connectivity index (χ4v) is 4.63. The van der Waals surface area contributed by atoms with Gasteiger partial charge in [-0.1, -0.05) is 41.9 Å². The number of benzene rings is 2. The number of halogens is 1. The SMILES string of the molecule is CC(C)Oc1ccc(C(=O)N(C2CC2)C2CCC(=N)/C(=C\NC(=O)OCc3ccccc3)C2)c(Cl)c1. The van der Waals surface area contributed by atoms with Gasteiger partial charge in [-0.2, -0.15) is 0 Å². The fraction of sp³-hybridized carbons (Fsp3) is 0.393. The Morgan fingerprint density at radius 1 is 1.14 bits per heavy atom. The maximum Gasteiger partial charge on any atom is 0.411 e. The van der Waals surface area contributed by atoms with Crippen molar-refractivity contribution in [3.63, 3.8) is 0 Å². The molecule has 0 saturated heterocycles. The Morgan fingerprint density at radius 3 is 2.56 bits per heavy atom. The Hall–Kier alpha value is -3.32. The van der Waals surface area contributed by atoms with Crippen LogP contribution in [-0.2, 0) is 11.3 Å². The van der Waals surface area contributed by atoms with Crippen molar-refractivity contribution in [2.75, 3.05) is 0 Å². The summed E-state index contributed by atoms with van der Waals surface area (Å²) in [6.07, 6.45) is 4.61. The van der Waals surface area contributed by atoms with Crippen LogP contribution >= 0.6 is 11.6 Å². The van der Waals surface area contributed by atoms with Gasteiger partial charge in [-0.05, 0) is 75.3 Å². The molecule has 0 bridgehead atoms. The summed E-state index contributed by atoms with van der Waals surface area (Å²) in [6, 6.07) is 14.7. The number of hydrogen-bond donors (Lipinski definition) is 2. The third-order valence-corrected chi connectivity index (χ3v) is 6.57. The molecule has 7 nitrogen and oxygen atoms in total. The Balaban J connectivity index is 1.42. The summed E-state index contributed by atoms with van der Waals surface area (Å²) < 4.78 is 11.0. The highest BCUT2D eigenvalue weighted by Gasteiger charge is 2.40. The number of nitrogens with one attached hydrogen (secondary N) is 2. The molecule has 2 saturated carbocycles. The van der Waals surface area contributed by atoms with Crippen LogP contribution in [0.15, 0.2) is 60.3 Å². The quantitative estimate of drug-likeness (QED) is 0.448. The molecule has 2 aromatic rings. The zero-order valence-corrected chi connectivity index (χ0v) is 21.4. The van der Waals surface area contributed by atoms with E-state index in [0.717, 1.165) is 18.4 Å². The summed E-state index contributed by atoms with van der Waals surface area (Å²) in [7, 11) is 0. The number of amides is 2. The first kappa shape index (κ1) is 25.8. The van der Waals surface area contributed by atoms with Gasteiger partial charge in [0.1, 0.15) is 12.4 Å². The minimum atomic E-state index is -0.577. The standard InChI is InChI=1S/C28H32ClN3O4/c1-18(2)36-23-11-12-24(25(29)15-23)27(33)32(21-8-9-21)22-10-13-26(30)20(14-22)16-31-28(34)35-17-19-6-4-3-5-7-19/h3-7,11-12,15-16,18,21-22,30H,8-10,13-14,17H2,1-2H3,(H,31,34)/b20-16-,30-26?. The molecule has 36 heavy (non-hydrogen) atoms. The Kier molecular flexibility index (Phi) is 8.31. The smallest absolute Gasteiger partial charge is 0.411 e. The van der Waals surface area contributed by atoms with Gasteiger partial charge >= 0.3 is 6.09 Å². The average molecular weight is 510 g/mol. The van der Waals surface area contributed by atoms with Crippen molar-refractivity contribution < 1.29 is 19.1 Å². The molecular weight excluding hydrogens is 478 g/mol. The number of alkyl carbamates (subject to hydrolysis) is 1. The topological polar surface area (TPSA) is 91.7 Å². The van der Waals surface area contributed by atoms with E-state index >= 15 is 0 Å². The first-order chi connectivity index (χ1) is 17.3. The molecular formula is C28H32ClN3O4. The van der Waals surface area contributed by atoms with Crippen molar-refractivity contribution in [1.82, 2.24) is 10.2 Å². The molecule has 4 rings (SSSR count). The van der Waals surface area contributed by atoms with E-state index in [2.05, 4.69) is 5.32 Å². The van der Waals surface area contributed by atoms with Crippen molar-refractivity contribution in [2.24, 2.45) is 0 Å². The highest BCUT2D eigenvalue weighted by molar-refractivity contribution is 6.34. The molecule has 0 aliphatic heterocycles. The van der Waals surface area contributed by atoms with Crippen LogP contribution in [0.1, 0.15) is 61.9 Å². The van der Waals surface area contributed by atoms with Gasteiger partial charge in [0.25, 0.3) is 5.91 Å². The molecule has 1 unspecified atom stereocenters. The molecule has 2 fully saturated rings. The van der Waals surface area contributed by atoms with Gasteiger partial charge in [0.05, 0.1) is 16.7 Å². The summed E-state index contributed by atoms with van der Waals surface area (Å²) in [6.45, 7) is 4.04. The largest absolute Gasteiger partial charge is 0.491 e. The normalized spacial score (nSPS) is 18.7. The van der Waals surface area contributed by atoms with E-state index in [4.69, 9.17) is 26.5 Å². The van der Waals surface area contributed by atoms with Gasteiger partial charge in [0.2, 0.25) is 0 Å². The van der Waals surface area contributed by atoms with Crippen LogP contribution in [0.4, 0.5) is 4.79 Å². The second-order valence-electron chi connectivity index (χ2n) is 9.50. The molecule has 2 amide bonds. The molecule has 190 valence electrons. The summed E-state index contributed by atoms with van der Waals surface area (Å²) in [4.78, 5) is 27.7. The maximum absolute atomic E-state index is 13.6. The number of rotatable bonds is 8. The van der Waals surface area contributed by atoms with Gasteiger partial charge < -0.3 is 19.8 Å². The zero-order chi connectivity index (χ0) is 25.7. The van der Waals surface area contributed by atoms with Crippen LogP contribution in [0.25, 0.3) is 0 Å². The average Bonchev–Trinajstić information content (AvgIpc) is 3.68. The molecule has 0 aromatic heterocycles. The van der Waals surface area contributed by atoms with E-state index in [-0.39, 0.29) is 30.7 Å². The van der Waals surface area contributed by atoms with Gasteiger partial charge in [-0.25, -0.2) is 4.79 Å². The Bertz CT molecular complexity index is 1140. The Labute approximate surface area is 216 Å². The number of nitrogens with zero attached hydrogens (tertiary/aromatic N) is 1. The van der Waals surface area contributed by atoms with E-state index in [9.17, 15) is 9.59 Å². The predicted molar refractivity (Wildman–Crippen MR) is 140 cm³/mol. The van der Waals surface area contributed by atoms with Crippen molar-refractivity contribution in [3.8, 4) is 5.75 Å². The minimum Gasteiger partial charge on any atom is -0.491 e. The molecule has 2 N–H and O–H groups in total. The Morgan fingerprint density at radius 2 is 1.89 bits per heavy atom. The third-order valence-electron chi connectivity index (χ3n) is 6.26. The number of ether oxygens (including phenoxy) is 2. The second-order valence-corrected chi connectivity index (χ2v) is 9.91. The highest BCUT2D eigenvalue weighted by Crippen LogP contribution is 2.37. The molecule has 2 aliphatic carbocycles. The van der Waals surface area contributed by atoms with Gasteiger partial charge in [-0.3, -0.25) is 10.1 Å². The summed E-state index contributed by atoms with van der Waals surface area (Å²) in [5.74, 6) is 0.526. The molecule has 2 aliphatic rings.